The summed E-state index contributed by atoms with van der Waals surface area (Å²) in [7, 11) is 0. The van der Waals surface area contributed by atoms with Crippen LogP contribution in [-0.4, -0.2) is 6.04 Å². The second kappa shape index (κ2) is 4.65. The van der Waals surface area contributed by atoms with E-state index in [1.165, 1.54) is 24.9 Å². The predicted molar refractivity (Wildman–Crippen MR) is 64.5 cm³/mol. The molecule has 1 atom stereocenters. The van der Waals surface area contributed by atoms with Gasteiger partial charge in [-0.25, -0.2) is 0 Å². The molecule has 1 aliphatic carbocycles. The van der Waals surface area contributed by atoms with E-state index in [1.54, 1.807) is 0 Å². The van der Waals surface area contributed by atoms with Gasteiger partial charge in [0.15, 0.2) is 0 Å². The van der Waals surface area contributed by atoms with E-state index in [0.29, 0.717) is 6.04 Å². The summed E-state index contributed by atoms with van der Waals surface area (Å²) in [6.45, 7) is 0. The van der Waals surface area contributed by atoms with Gasteiger partial charge in [-0.2, -0.15) is 0 Å². The van der Waals surface area contributed by atoms with Crippen molar-refractivity contribution in [1.82, 2.24) is 0 Å². The molecule has 14 heavy (non-hydrogen) atoms. The molecule has 0 unspecified atom stereocenters. The van der Waals surface area contributed by atoms with Crippen LogP contribution >= 0.6 is 15.9 Å². The Morgan fingerprint density at radius 3 is 2.86 bits per heavy atom. The second-order valence-corrected chi connectivity index (χ2v) is 4.44. The maximum Gasteiger partial charge on any atom is 0.0489 e. The number of benzene rings is 1. The number of nitrogens with one attached hydrogen (secondary N) is 1. The minimum Gasteiger partial charge on any atom is -0.378 e. The van der Waals surface area contributed by atoms with Gasteiger partial charge in [0.2, 0.25) is 0 Å². The predicted octanol–water partition coefficient (Wildman–Crippen LogP) is 3.97. The quantitative estimate of drug-likeness (QED) is 0.785. The Labute approximate surface area is 93.3 Å². The van der Waals surface area contributed by atoms with Gasteiger partial charge in [-0.05, 0) is 47.3 Å². The van der Waals surface area contributed by atoms with Crippen LogP contribution < -0.4 is 5.32 Å². The molecule has 0 radical (unpaired) electrons. The first kappa shape index (κ1) is 9.78. The Kier molecular flexibility index (Phi) is 3.25. The van der Waals surface area contributed by atoms with Gasteiger partial charge in [0, 0.05) is 16.2 Å². The fraction of sp³-hybridized carbons (Fsp3) is 0.333. The van der Waals surface area contributed by atoms with Crippen LogP contribution in [0.2, 0.25) is 0 Å². The average Bonchev–Trinajstić information content (AvgIpc) is 2.23. The number of halogens is 1. The summed E-state index contributed by atoms with van der Waals surface area (Å²) < 4.78 is 1.14. The van der Waals surface area contributed by atoms with Gasteiger partial charge in [0.1, 0.15) is 0 Å². The first-order valence-corrected chi connectivity index (χ1v) is 5.83. The molecular weight excluding hydrogens is 238 g/mol. The molecule has 1 aliphatic rings. The van der Waals surface area contributed by atoms with Crippen molar-refractivity contribution in [3.05, 3.63) is 40.9 Å². The van der Waals surface area contributed by atoms with E-state index in [0.717, 1.165) is 4.47 Å². The van der Waals surface area contributed by atoms with Crippen LogP contribution in [0, 0.1) is 0 Å². The van der Waals surface area contributed by atoms with Crippen molar-refractivity contribution in [2.75, 3.05) is 5.32 Å². The number of rotatable bonds is 2. The lowest BCUT2D eigenvalue weighted by atomic mass is 10.0. The molecule has 1 nitrogen and oxygen atoms in total. The highest BCUT2D eigenvalue weighted by atomic mass is 79.9. The van der Waals surface area contributed by atoms with Crippen molar-refractivity contribution in [3.63, 3.8) is 0 Å². The molecule has 0 bridgehead atoms. The van der Waals surface area contributed by atoms with Gasteiger partial charge >= 0.3 is 0 Å². The summed E-state index contributed by atoms with van der Waals surface area (Å²) in [4.78, 5) is 0. The fourth-order valence-corrected chi connectivity index (χ4v) is 2.11. The number of anilines is 1. The average molecular weight is 252 g/mol. The summed E-state index contributed by atoms with van der Waals surface area (Å²) in [5, 5.41) is 3.52. The smallest absolute Gasteiger partial charge is 0.0489 e. The van der Waals surface area contributed by atoms with E-state index in [9.17, 15) is 0 Å². The Bertz CT molecular complexity index is 333. The molecule has 0 saturated heterocycles. The van der Waals surface area contributed by atoms with Crippen molar-refractivity contribution < 1.29 is 0 Å². The third-order valence-corrected chi connectivity index (χ3v) is 3.16. The highest BCUT2D eigenvalue weighted by Crippen LogP contribution is 2.24. The largest absolute Gasteiger partial charge is 0.378 e. The molecule has 1 aromatic rings. The number of allylic oxidation sites excluding steroid dienone is 1. The molecule has 0 aliphatic heterocycles. The number of hydrogen-bond donors (Lipinski definition) is 1. The Hall–Kier alpha value is -0.760. The first-order chi connectivity index (χ1) is 6.86. The van der Waals surface area contributed by atoms with Gasteiger partial charge < -0.3 is 5.32 Å². The monoisotopic (exact) mass is 251 g/mol. The Morgan fingerprint density at radius 2 is 2.14 bits per heavy atom. The Balaban J connectivity index is 2.06. The Morgan fingerprint density at radius 1 is 1.29 bits per heavy atom. The molecule has 0 aromatic heterocycles. The molecule has 2 rings (SSSR count). The minimum atomic E-state index is 0.502. The van der Waals surface area contributed by atoms with Crippen molar-refractivity contribution >= 4 is 21.6 Å². The molecule has 74 valence electrons. The van der Waals surface area contributed by atoms with E-state index >= 15 is 0 Å². The number of para-hydroxylation sites is 1. The second-order valence-electron chi connectivity index (χ2n) is 3.59. The van der Waals surface area contributed by atoms with Gasteiger partial charge in [0.05, 0.1) is 0 Å². The van der Waals surface area contributed by atoms with Crippen LogP contribution in [0.15, 0.2) is 40.9 Å². The van der Waals surface area contributed by atoms with Crippen LogP contribution in [0.1, 0.15) is 19.3 Å². The van der Waals surface area contributed by atoms with Crippen molar-refractivity contribution in [2.24, 2.45) is 0 Å². The van der Waals surface area contributed by atoms with Crippen molar-refractivity contribution in [3.8, 4) is 0 Å². The molecule has 0 heterocycles. The summed E-state index contributed by atoms with van der Waals surface area (Å²) in [5.74, 6) is 0. The highest BCUT2D eigenvalue weighted by Gasteiger charge is 2.08. The number of hydrogen-bond acceptors (Lipinski definition) is 1. The van der Waals surface area contributed by atoms with Crippen molar-refractivity contribution in [2.45, 2.75) is 25.3 Å². The van der Waals surface area contributed by atoms with Gasteiger partial charge in [-0.1, -0.05) is 24.3 Å². The lowest BCUT2D eigenvalue weighted by Crippen LogP contribution is -2.18. The summed E-state index contributed by atoms with van der Waals surface area (Å²) in [6, 6.07) is 8.76. The molecule has 1 aromatic carbocycles. The maximum absolute atomic E-state index is 3.54. The highest BCUT2D eigenvalue weighted by molar-refractivity contribution is 9.10. The normalized spacial score (nSPS) is 20.8. The van der Waals surface area contributed by atoms with E-state index < -0.39 is 0 Å². The van der Waals surface area contributed by atoms with Crippen LogP contribution in [0.4, 0.5) is 5.69 Å². The van der Waals surface area contributed by atoms with Gasteiger partial charge in [-0.15, -0.1) is 0 Å². The van der Waals surface area contributed by atoms with E-state index in [1.807, 2.05) is 6.07 Å². The summed E-state index contributed by atoms with van der Waals surface area (Å²) in [6.07, 6.45) is 8.28. The van der Waals surface area contributed by atoms with Gasteiger partial charge in [-0.3, -0.25) is 0 Å². The molecular formula is C12H14BrN. The maximum atomic E-state index is 3.54. The third kappa shape index (κ3) is 2.38. The van der Waals surface area contributed by atoms with Crippen LogP contribution in [0.3, 0.4) is 0 Å². The zero-order valence-corrected chi connectivity index (χ0v) is 9.63. The van der Waals surface area contributed by atoms with Crippen LogP contribution in [0.5, 0.6) is 0 Å². The topological polar surface area (TPSA) is 12.0 Å². The van der Waals surface area contributed by atoms with E-state index in [-0.39, 0.29) is 0 Å². The fourth-order valence-electron chi connectivity index (χ4n) is 1.71. The molecule has 0 spiro atoms. The van der Waals surface area contributed by atoms with Crippen LogP contribution in [0.25, 0.3) is 0 Å². The molecule has 2 heteroatoms. The summed E-state index contributed by atoms with van der Waals surface area (Å²) >= 11 is 3.54. The van der Waals surface area contributed by atoms with E-state index in [2.05, 4.69) is 51.6 Å². The zero-order chi connectivity index (χ0) is 9.80. The molecule has 1 N–H and O–H groups in total. The molecule has 0 saturated carbocycles. The van der Waals surface area contributed by atoms with Crippen molar-refractivity contribution in [1.29, 1.82) is 0 Å². The first-order valence-electron chi connectivity index (χ1n) is 5.04. The molecule has 0 fully saturated rings. The summed E-state index contributed by atoms with van der Waals surface area (Å²) in [5.41, 5.74) is 1.18. The SMILES string of the molecule is Brc1ccccc1N[C@@H]1C=CCCC1. The lowest BCUT2D eigenvalue weighted by Gasteiger charge is -2.19. The van der Waals surface area contributed by atoms with E-state index in [4.69, 9.17) is 0 Å². The lowest BCUT2D eigenvalue weighted by molar-refractivity contribution is 0.673. The minimum absolute atomic E-state index is 0.502. The van der Waals surface area contributed by atoms with Crippen LogP contribution in [-0.2, 0) is 0 Å². The standard InChI is InChI=1S/C12H14BrN/c13-11-8-4-5-9-12(11)14-10-6-2-1-3-7-10/h2,4-6,8-10,14H,1,3,7H2/t10-/m1/s1. The van der Waals surface area contributed by atoms with Gasteiger partial charge in [0.25, 0.3) is 0 Å². The zero-order valence-electron chi connectivity index (χ0n) is 8.04. The third-order valence-electron chi connectivity index (χ3n) is 2.47. The molecule has 0 amide bonds.